The minimum absolute atomic E-state index is 0.149. The van der Waals surface area contributed by atoms with Crippen molar-refractivity contribution in [2.75, 3.05) is 0 Å². The van der Waals surface area contributed by atoms with Gasteiger partial charge in [-0.3, -0.25) is 4.98 Å². The van der Waals surface area contributed by atoms with Gasteiger partial charge in [0.2, 0.25) is 0 Å². The predicted octanol–water partition coefficient (Wildman–Crippen LogP) is 2.79. The van der Waals surface area contributed by atoms with Gasteiger partial charge in [0.25, 0.3) is 0 Å². The van der Waals surface area contributed by atoms with Gasteiger partial charge in [-0.1, -0.05) is 36.4 Å². The molecule has 1 saturated heterocycles. The Hall–Kier alpha value is -1.71. The highest BCUT2D eigenvalue weighted by atomic mass is 16.3. The SMILES string of the molecule is Cc1ccc(C[C@@H]2CC[C@H]([C@H](O)c3ccccc3)N2)cn1. The summed E-state index contributed by atoms with van der Waals surface area (Å²) in [4.78, 5) is 4.35. The molecular formula is C18H22N2O. The van der Waals surface area contributed by atoms with Gasteiger partial charge in [-0.05, 0) is 43.4 Å². The summed E-state index contributed by atoms with van der Waals surface area (Å²) in [6, 6.07) is 14.7. The number of aromatic nitrogens is 1. The molecule has 1 fully saturated rings. The first-order valence-electron chi connectivity index (χ1n) is 7.63. The van der Waals surface area contributed by atoms with E-state index in [1.807, 2.05) is 43.5 Å². The number of aliphatic hydroxyl groups is 1. The monoisotopic (exact) mass is 282 g/mol. The molecule has 0 radical (unpaired) electrons. The van der Waals surface area contributed by atoms with Crippen LogP contribution in [0.4, 0.5) is 0 Å². The zero-order chi connectivity index (χ0) is 14.7. The topological polar surface area (TPSA) is 45.1 Å². The fourth-order valence-corrected chi connectivity index (χ4v) is 3.05. The summed E-state index contributed by atoms with van der Waals surface area (Å²) in [6.45, 7) is 2.00. The van der Waals surface area contributed by atoms with Crippen LogP contribution < -0.4 is 5.32 Å². The summed E-state index contributed by atoms with van der Waals surface area (Å²) in [6.07, 6.45) is 4.62. The van der Waals surface area contributed by atoms with E-state index in [1.54, 1.807) is 0 Å². The summed E-state index contributed by atoms with van der Waals surface area (Å²) >= 11 is 0. The molecule has 3 atom stereocenters. The van der Waals surface area contributed by atoms with Gasteiger partial charge in [-0.25, -0.2) is 0 Å². The molecule has 2 aromatic rings. The second-order valence-electron chi connectivity index (χ2n) is 5.91. The van der Waals surface area contributed by atoms with Crippen LogP contribution in [-0.2, 0) is 6.42 Å². The van der Waals surface area contributed by atoms with Crippen LogP contribution in [0.25, 0.3) is 0 Å². The van der Waals surface area contributed by atoms with E-state index in [4.69, 9.17) is 0 Å². The molecule has 3 rings (SSSR count). The lowest BCUT2D eigenvalue weighted by Gasteiger charge is -2.20. The Labute approximate surface area is 126 Å². The van der Waals surface area contributed by atoms with Crippen LogP contribution in [0.2, 0.25) is 0 Å². The van der Waals surface area contributed by atoms with E-state index in [0.29, 0.717) is 6.04 Å². The number of hydrogen-bond acceptors (Lipinski definition) is 3. The molecule has 1 aromatic heterocycles. The van der Waals surface area contributed by atoms with E-state index in [1.165, 1.54) is 5.56 Å². The maximum Gasteiger partial charge on any atom is 0.0943 e. The Bertz CT molecular complexity index is 568. The van der Waals surface area contributed by atoms with Crippen LogP contribution in [0, 0.1) is 6.92 Å². The predicted molar refractivity (Wildman–Crippen MR) is 84.0 cm³/mol. The molecule has 0 saturated carbocycles. The van der Waals surface area contributed by atoms with Crippen molar-refractivity contribution in [3.05, 3.63) is 65.5 Å². The minimum Gasteiger partial charge on any atom is -0.387 e. The smallest absolute Gasteiger partial charge is 0.0943 e. The third-order valence-electron chi connectivity index (χ3n) is 4.25. The highest BCUT2D eigenvalue weighted by Crippen LogP contribution is 2.26. The molecule has 0 amide bonds. The minimum atomic E-state index is -0.424. The lowest BCUT2D eigenvalue weighted by Crippen LogP contribution is -2.35. The van der Waals surface area contributed by atoms with Crippen LogP contribution in [0.5, 0.6) is 0 Å². The van der Waals surface area contributed by atoms with Crippen LogP contribution in [0.1, 0.15) is 35.8 Å². The summed E-state index contributed by atoms with van der Waals surface area (Å²) in [5.74, 6) is 0. The van der Waals surface area contributed by atoms with Gasteiger partial charge in [0.05, 0.1) is 6.10 Å². The van der Waals surface area contributed by atoms with Crippen LogP contribution in [0.3, 0.4) is 0 Å². The van der Waals surface area contributed by atoms with Gasteiger partial charge in [0.15, 0.2) is 0 Å². The molecular weight excluding hydrogens is 260 g/mol. The molecule has 0 aliphatic carbocycles. The number of aliphatic hydroxyl groups excluding tert-OH is 1. The Balaban J connectivity index is 1.59. The molecule has 0 unspecified atom stereocenters. The van der Waals surface area contributed by atoms with E-state index in [2.05, 4.69) is 22.4 Å². The molecule has 1 aliphatic rings. The van der Waals surface area contributed by atoms with Gasteiger partial charge in [0.1, 0.15) is 0 Å². The number of pyridine rings is 1. The van der Waals surface area contributed by atoms with Crippen molar-refractivity contribution in [3.8, 4) is 0 Å². The Morgan fingerprint density at radius 1 is 1.19 bits per heavy atom. The first-order valence-corrected chi connectivity index (χ1v) is 7.63. The molecule has 0 spiro atoms. The van der Waals surface area contributed by atoms with E-state index in [-0.39, 0.29) is 6.04 Å². The lowest BCUT2D eigenvalue weighted by atomic mass is 10.0. The second-order valence-corrected chi connectivity index (χ2v) is 5.91. The molecule has 3 heteroatoms. The van der Waals surface area contributed by atoms with Gasteiger partial charge in [-0.2, -0.15) is 0 Å². The van der Waals surface area contributed by atoms with Crippen molar-refractivity contribution in [1.82, 2.24) is 10.3 Å². The zero-order valence-electron chi connectivity index (χ0n) is 12.4. The molecule has 1 aromatic carbocycles. The summed E-state index contributed by atoms with van der Waals surface area (Å²) in [5, 5.41) is 14.0. The van der Waals surface area contributed by atoms with Crippen LogP contribution >= 0.6 is 0 Å². The van der Waals surface area contributed by atoms with Crippen LogP contribution in [0.15, 0.2) is 48.7 Å². The normalized spacial score (nSPS) is 23.1. The van der Waals surface area contributed by atoms with Crippen molar-refractivity contribution in [2.45, 2.75) is 44.4 Å². The Morgan fingerprint density at radius 2 is 2.00 bits per heavy atom. The quantitative estimate of drug-likeness (QED) is 0.906. The zero-order valence-corrected chi connectivity index (χ0v) is 12.4. The van der Waals surface area contributed by atoms with Crippen LogP contribution in [-0.4, -0.2) is 22.2 Å². The number of aryl methyl sites for hydroxylation is 1. The molecule has 1 aliphatic heterocycles. The van der Waals surface area contributed by atoms with Crippen molar-refractivity contribution in [1.29, 1.82) is 0 Å². The molecule has 110 valence electrons. The van der Waals surface area contributed by atoms with Crippen molar-refractivity contribution in [2.24, 2.45) is 0 Å². The van der Waals surface area contributed by atoms with Gasteiger partial charge >= 0.3 is 0 Å². The Kier molecular flexibility index (Phi) is 4.32. The van der Waals surface area contributed by atoms with Crippen molar-refractivity contribution >= 4 is 0 Å². The molecule has 0 bridgehead atoms. The summed E-state index contributed by atoms with van der Waals surface area (Å²) in [7, 11) is 0. The fraction of sp³-hybridized carbons (Fsp3) is 0.389. The molecule has 3 nitrogen and oxygen atoms in total. The van der Waals surface area contributed by atoms with E-state index in [0.717, 1.165) is 30.5 Å². The fourth-order valence-electron chi connectivity index (χ4n) is 3.05. The first-order chi connectivity index (χ1) is 10.2. The number of hydrogen-bond donors (Lipinski definition) is 2. The van der Waals surface area contributed by atoms with E-state index in [9.17, 15) is 5.11 Å². The molecule has 2 heterocycles. The number of rotatable bonds is 4. The maximum absolute atomic E-state index is 10.5. The third-order valence-corrected chi connectivity index (χ3v) is 4.25. The standard InChI is InChI=1S/C18H22N2O/c1-13-7-8-14(12-19-13)11-16-9-10-17(20-16)18(21)15-5-3-2-4-6-15/h2-8,12,16-18,20-21H,9-11H2,1H3/t16-,17+,18+/m0/s1. The highest BCUT2D eigenvalue weighted by Gasteiger charge is 2.29. The largest absolute Gasteiger partial charge is 0.387 e. The lowest BCUT2D eigenvalue weighted by molar-refractivity contribution is 0.135. The van der Waals surface area contributed by atoms with Gasteiger partial charge < -0.3 is 10.4 Å². The number of nitrogens with one attached hydrogen (secondary N) is 1. The molecule has 21 heavy (non-hydrogen) atoms. The Morgan fingerprint density at radius 3 is 2.71 bits per heavy atom. The van der Waals surface area contributed by atoms with Gasteiger partial charge in [-0.15, -0.1) is 0 Å². The maximum atomic E-state index is 10.5. The highest BCUT2D eigenvalue weighted by molar-refractivity contribution is 5.20. The summed E-state index contributed by atoms with van der Waals surface area (Å²) < 4.78 is 0. The number of benzene rings is 1. The summed E-state index contributed by atoms with van der Waals surface area (Å²) in [5.41, 5.74) is 3.30. The van der Waals surface area contributed by atoms with Crippen molar-refractivity contribution < 1.29 is 5.11 Å². The molecule has 2 N–H and O–H groups in total. The van der Waals surface area contributed by atoms with Gasteiger partial charge in [0, 0.05) is 24.0 Å². The third kappa shape index (κ3) is 3.49. The average Bonchev–Trinajstić information content (AvgIpc) is 2.98. The average molecular weight is 282 g/mol. The van der Waals surface area contributed by atoms with E-state index < -0.39 is 6.10 Å². The number of nitrogens with zero attached hydrogens (tertiary/aromatic N) is 1. The first kappa shape index (κ1) is 14.2. The second kappa shape index (κ2) is 6.37. The van der Waals surface area contributed by atoms with Crippen molar-refractivity contribution in [3.63, 3.8) is 0 Å². The van der Waals surface area contributed by atoms with E-state index >= 15 is 0 Å².